The highest BCUT2D eigenvalue weighted by Gasteiger charge is 2.20. The predicted octanol–water partition coefficient (Wildman–Crippen LogP) is 5.42. The van der Waals surface area contributed by atoms with Crippen molar-refractivity contribution < 1.29 is 9.59 Å². The smallest absolute Gasteiger partial charge is 0.257 e. The topological polar surface area (TPSA) is 61.4 Å². The molecule has 5 nitrogen and oxygen atoms in total. The molecule has 1 heterocycles. The molecule has 1 aliphatic rings. The van der Waals surface area contributed by atoms with Crippen LogP contribution in [0.5, 0.6) is 0 Å². The molecule has 32 heavy (non-hydrogen) atoms. The Kier molecular flexibility index (Phi) is 6.85. The zero-order chi connectivity index (χ0) is 22.3. The van der Waals surface area contributed by atoms with Gasteiger partial charge in [-0.05, 0) is 67.6 Å². The zero-order valence-electron chi connectivity index (χ0n) is 18.4. The van der Waals surface area contributed by atoms with Crippen molar-refractivity contribution in [3.63, 3.8) is 0 Å². The highest BCUT2D eigenvalue weighted by molar-refractivity contribution is 6.09. The second-order valence-corrected chi connectivity index (χ2v) is 8.31. The lowest BCUT2D eigenvalue weighted by Crippen LogP contribution is -2.31. The van der Waals surface area contributed by atoms with Gasteiger partial charge < -0.3 is 15.5 Å². The van der Waals surface area contributed by atoms with Crippen molar-refractivity contribution in [1.82, 2.24) is 0 Å². The van der Waals surface area contributed by atoms with Crippen molar-refractivity contribution in [2.24, 2.45) is 0 Å². The molecule has 4 rings (SSSR count). The SMILES string of the molecule is Cc1cccc(NC(=O)c2cc(NC(=O)Cc3ccccc3)ccc2N2CCCCC2)c1. The number of benzene rings is 3. The van der Waals surface area contributed by atoms with E-state index in [0.717, 1.165) is 48.4 Å². The maximum atomic E-state index is 13.3. The van der Waals surface area contributed by atoms with Crippen LogP contribution in [0.2, 0.25) is 0 Å². The van der Waals surface area contributed by atoms with Gasteiger partial charge in [0.15, 0.2) is 0 Å². The summed E-state index contributed by atoms with van der Waals surface area (Å²) in [4.78, 5) is 28.1. The van der Waals surface area contributed by atoms with E-state index in [2.05, 4.69) is 15.5 Å². The molecule has 0 aromatic heterocycles. The summed E-state index contributed by atoms with van der Waals surface area (Å²) in [6.45, 7) is 3.87. The summed E-state index contributed by atoms with van der Waals surface area (Å²) < 4.78 is 0. The minimum absolute atomic E-state index is 0.105. The molecule has 3 aromatic rings. The van der Waals surface area contributed by atoms with Crippen LogP contribution in [-0.2, 0) is 11.2 Å². The van der Waals surface area contributed by atoms with Gasteiger partial charge in [-0.2, -0.15) is 0 Å². The van der Waals surface area contributed by atoms with E-state index in [9.17, 15) is 9.59 Å². The van der Waals surface area contributed by atoms with E-state index in [1.165, 1.54) is 6.42 Å². The Morgan fingerprint density at radius 2 is 1.56 bits per heavy atom. The molecule has 3 aromatic carbocycles. The molecule has 0 spiro atoms. The van der Waals surface area contributed by atoms with E-state index in [1.807, 2.05) is 73.7 Å². The van der Waals surface area contributed by atoms with Gasteiger partial charge >= 0.3 is 0 Å². The third-order valence-electron chi connectivity index (χ3n) is 5.71. The van der Waals surface area contributed by atoms with Gasteiger partial charge in [-0.25, -0.2) is 0 Å². The molecule has 0 aliphatic carbocycles. The fourth-order valence-corrected chi connectivity index (χ4v) is 4.11. The van der Waals surface area contributed by atoms with E-state index >= 15 is 0 Å². The van der Waals surface area contributed by atoms with Gasteiger partial charge in [0.25, 0.3) is 5.91 Å². The van der Waals surface area contributed by atoms with Crippen LogP contribution < -0.4 is 15.5 Å². The van der Waals surface area contributed by atoms with Crippen LogP contribution in [0, 0.1) is 6.92 Å². The first kappa shape index (κ1) is 21.6. The highest BCUT2D eigenvalue weighted by atomic mass is 16.2. The van der Waals surface area contributed by atoms with Crippen molar-refractivity contribution in [1.29, 1.82) is 0 Å². The van der Waals surface area contributed by atoms with Crippen LogP contribution in [0.15, 0.2) is 72.8 Å². The maximum Gasteiger partial charge on any atom is 0.257 e. The lowest BCUT2D eigenvalue weighted by molar-refractivity contribution is -0.115. The number of anilines is 3. The van der Waals surface area contributed by atoms with Crippen LogP contribution >= 0.6 is 0 Å². The van der Waals surface area contributed by atoms with Crippen molar-refractivity contribution in [2.75, 3.05) is 28.6 Å². The van der Waals surface area contributed by atoms with Crippen LogP contribution in [0.3, 0.4) is 0 Å². The molecule has 0 radical (unpaired) electrons. The fourth-order valence-electron chi connectivity index (χ4n) is 4.11. The number of amides is 2. The van der Waals surface area contributed by atoms with E-state index in [4.69, 9.17) is 0 Å². The second-order valence-electron chi connectivity index (χ2n) is 8.31. The van der Waals surface area contributed by atoms with E-state index in [0.29, 0.717) is 17.7 Å². The van der Waals surface area contributed by atoms with Gasteiger partial charge in [0.1, 0.15) is 0 Å². The lowest BCUT2D eigenvalue weighted by atomic mass is 10.1. The van der Waals surface area contributed by atoms with E-state index < -0.39 is 0 Å². The van der Waals surface area contributed by atoms with Crippen molar-refractivity contribution in [2.45, 2.75) is 32.6 Å². The average molecular weight is 428 g/mol. The van der Waals surface area contributed by atoms with Crippen LogP contribution in [0.25, 0.3) is 0 Å². The van der Waals surface area contributed by atoms with Gasteiger partial charge in [-0.1, -0.05) is 42.5 Å². The van der Waals surface area contributed by atoms with Crippen LogP contribution in [0.4, 0.5) is 17.1 Å². The summed E-state index contributed by atoms with van der Waals surface area (Å²) in [5.41, 5.74) is 4.91. The number of piperidine rings is 1. The van der Waals surface area contributed by atoms with Gasteiger partial charge in [0.2, 0.25) is 5.91 Å². The summed E-state index contributed by atoms with van der Waals surface area (Å²) in [7, 11) is 0. The quantitative estimate of drug-likeness (QED) is 0.552. The Balaban J connectivity index is 1.57. The number of aryl methyl sites for hydroxylation is 1. The van der Waals surface area contributed by atoms with E-state index in [1.54, 1.807) is 6.07 Å². The third-order valence-corrected chi connectivity index (χ3v) is 5.71. The summed E-state index contributed by atoms with van der Waals surface area (Å²) in [5.74, 6) is -0.276. The van der Waals surface area contributed by atoms with Gasteiger partial charge in [0, 0.05) is 30.2 Å². The molecule has 2 N–H and O–H groups in total. The van der Waals surface area contributed by atoms with Crippen LogP contribution in [-0.4, -0.2) is 24.9 Å². The molecule has 1 aliphatic heterocycles. The Labute approximate surface area is 189 Å². The number of hydrogen-bond donors (Lipinski definition) is 2. The molecule has 0 bridgehead atoms. The van der Waals surface area contributed by atoms with Gasteiger partial charge in [-0.15, -0.1) is 0 Å². The number of rotatable bonds is 6. The molecule has 2 amide bonds. The summed E-state index contributed by atoms with van der Waals surface area (Å²) in [6.07, 6.45) is 3.75. The summed E-state index contributed by atoms with van der Waals surface area (Å²) >= 11 is 0. The molecule has 1 saturated heterocycles. The normalized spacial score (nSPS) is 13.5. The van der Waals surface area contributed by atoms with Crippen molar-refractivity contribution >= 4 is 28.9 Å². The summed E-state index contributed by atoms with van der Waals surface area (Å²) in [5, 5.41) is 5.97. The first-order chi connectivity index (χ1) is 15.6. The lowest BCUT2D eigenvalue weighted by Gasteiger charge is -2.30. The van der Waals surface area contributed by atoms with E-state index in [-0.39, 0.29) is 11.8 Å². The Hall–Kier alpha value is -3.60. The number of carbonyl (C=O) groups excluding carboxylic acids is 2. The predicted molar refractivity (Wildman–Crippen MR) is 130 cm³/mol. The number of nitrogens with zero attached hydrogens (tertiary/aromatic N) is 1. The molecule has 5 heteroatoms. The minimum Gasteiger partial charge on any atom is -0.371 e. The third kappa shape index (κ3) is 5.55. The highest BCUT2D eigenvalue weighted by Crippen LogP contribution is 2.28. The molecular formula is C27H29N3O2. The monoisotopic (exact) mass is 427 g/mol. The molecule has 1 fully saturated rings. The summed E-state index contributed by atoms with van der Waals surface area (Å²) in [6, 6.07) is 23.0. The standard InChI is InChI=1S/C27H29N3O2/c1-20-9-8-12-22(17-20)29-27(32)24-19-23(13-14-25(24)30-15-6-3-7-16-30)28-26(31)18-21-10-4-2-5-11-21/h2,4-5,8-14,17,19H,3,6-7,15-16,18H2,1H3,(H,28,31)(H,29,32). The molecule has 0 saturated carbocycles. The largest absolute Gasteiger partial charge is 0.371 e. The number of carbonyl (C=O) groups is 2. The zero-order valence-corrected chi connectivity index (χ0v) is 18.4. The molecule has 0 unspecified atom stereocenters. The second kappa shape index (κ2) is 10.1. The first-order valence-electron chi connectivity index (χ1n) is 11.2. The number of nitrogens with one attached hydrogen (secondary N) is 2. The first-order valence-corrected chi connectivity index (χ1v) is 11.2. The Morgan fingerprint density at radius 3 is 2.31 bits per heavy atom. The van der Waals surface area contributed by atoms with Gasteiger partial charge in [0.05, 0.1) is 12.0 Å². The minimum atomic E-state index is -0.171. The molecule has 0 atom stereocenters. The molecular weight excluding hydrogens is 398 g/mol. The Bertz CT molecular complexity index is 1090. The van der Waals surface area contributed by atoms with Crippen molar-refractivity contribution in [3.05, 3.63) is 89.5 Å². The number of hydrogen-bond acceptors (Lipinski definition) is 3. The average Bonchev–Trinajstić information content (AvgIpc) is 2.80. The Morgan fingerprint density at radius 1 is 0.812 bits per heavy atom. The molecule has 164 valence electrons. The van der Waals surface area contributed by atoms with Gasteiger partial charge in [-0.3, -0.25) is 9.59 Å². The van der Waals surface area contributed by atoms with Crippen LogP contribution in [0.1, 0.15) is 40.7 Å². The maximum absolute atomic E-state index is 13.3. The van der Waals surface area contributed by atoms with Crippen molar-refractivity contribution in [3.8, 4) is 0 Å². The fraction of sp³-hybridized carbons (Fsp3) is 0.259.